The highest BCUT2D eigenvalue weighted by Crippen LogP contribution is 2.36. The van der Waals surface area contributed by atoms with Gasteiger partial charge in [0.25, 0.3) is 5.91 Å². The monoisotopic (exact) mass is 322 g/mol. The molecule has 0 atom stereocenters. The van der Waals surface area contributed by atoms with Crippen molar-refractivity contribution in [1.29, 1.82) is 0 Å². The summed E-state index contributed by atoms with van der Waals surface area (Å²) in [5.74, 6) is 0.980. The van der Waals surface area contributed by atoms with Gasteiger partial charge in [0.05, 0.1) is 18.1 Å². The van der Waals surface area contributed by atoms with E-state index in [0.29, 0.717) is 34.1 Å². The van der Waals surface area contributed by atoms with Crippen molar-refractivity contribution < 1.29 is 9.53 Å². The number of fused-ring (bicyclic) bond motifs is 1. The Bertz CT molecular complexity index is 928. The van der Waals surface area contributed by atoms with Gasteiger partial charge in [-0.1, -0.05) is 18.6 Å². The van der Waals surface area contributed by atoms with Crippen LogP contribution in [0.1, 0.15) is 41.2 Å². The number of nitrogen functional groups attached to an aromatic ring is 1. The highest BCUT2D eigenvalue weighted by atomic mass is 16.5. The molecule has 4 rings (SSSR count). The van der Waals surface area contributed by atoms with Crippen LogP contribution in [0.25, 0.3) is 11.0 Å². The van der Waals surface area contributed by atoms with Crippen LogP contribution in [0.5, 0.6) is 5.75 Å². The predicted octanol–water partition coefficient (Wildman–Crippen LogP) is 2.98. The molecule has 1 aliphatic carbocycles. The number of hydrogen-bond acceptors (Lipinski definition) is 5. The molecule has 0 aliphatic heterocycles. The molecule has 6 nitrogen and oxygen atoms in total. The lowest BCUT2D eigenvalue weighted by molar-refractivity contribution is 0.0947. The maximum Gasteiger partial charge on any atom is 0.283 e. The first-order valence-electron chi connectivity index (χ1n) is 8.02. The Labute approximate surface area is 139 Å². The molecule has 0 amide bonds. The molecule has 0 radical (unpaired) electrons. The summed E-state index contributed by atoms with van der Waals surface area (Å²) in [4.78, 5) is 17.6. The number of hydrogen-bond donors (Lipinski definition) is 1. The topological polar surface area (TPSA) is 83.0 Å². The Morgan fingerprint density at radius 3 is 2.75 bits per heavy atom. The molecule has 2 aromatic heterocycles. The van der Waals surface area contributed by atoms with Crippen LogP contribution in [0, 0.1) is 0 Å². The van der Waals surface area contributed by atoms with E-state index in [1.165, 1.54) is 18.2 Å². The number of anilines is 1. The minimum absolute atomic E-state index is 0.299. The van der Waals surface area contributed by atoms with Crippen molar-refractivity contribution in [3.05, 3.63) is 47.7 Å². The third-order valence-electron chi connectivity index (χ3n) is 4.63. The Morgan fingerprint density at radius 1 is 1.25 bits per heavy atom. The highest BCUT2D eigenvalue weighted by molar-refractivity contribution is 6.03. The zero-order chi connectivity index (χ0) is 16.7. The van der Waals surface area contributed by atoms with Gasteiger partial charge in [-0.25, -0.2) is 4.98 Å². The number of ether oxygens (including phenoxy) is 1. The summed E-state index contributed by atoms with van der Waals surface area (Å²) in [5.41, 5.74) is 7.92. The molecule has 1 fully saturated rings. The molecule has 0 bridgehead atoms. The van der Waals surface area contributed by atoms with Gasteiger partial charge in [-0.05, 0) is 37.1 Å². The van der Waals surface area contributed by atoms with Crippen molar-refractivity contribution in [2.24, 2.45) is 0 Å². The lowest BCUT2D eigenvalue weighted by Gasteiger charge is -2.24. The summed E-state index contributed by atoms with van der Waals surface area (Å²) >= 11 is 0. The number of nitrogens with two attached hydrogens (primary N) is 1. The second-order valence-corrected chi connectivity index (χ2v) is 6.04. The average molecular weight is 322 g/mol. The van der Waals surface area contributed by atoms with Gasteiger partial charge < -0.3 is 10.5 Å². The molecule has 1 saturated carbocycles. The van der Waals surface area contributed by atoms with Gasteiger partial charge in [0.15, 0.2) is 11.5 Å². The molecular formula is C18H18N4O2. The van der Waals surface area contributed by atoms with E-state index < -0.39 is 0 Å². The Morgan fingerprint density at radius 2 is 2.04 bits per heavy atom. The van der Waals surface area contributed by atoms with Crippen molar-refractivity contribution >= 4 is 22.8 Å². The van der Waals surface area contributed by atoms with Crippen molar-refractivity contribution in [3.63, 3.8) is 0 Å². The molecule has 0 saturated heterocycles. The quantitative estimate of drug-likeness (QED) is 0.801. The number of methoxy groups -OCH3 is 1. The summed E-state index contributed by atoms with van der Waals surface area (Å²) in [6.45, 7) is 0. The smallest absolute Gasteiger partial charge is 0.283 e. The Balaban J connectivity index is 1.84. The fourth-order valence-corrected chi connectivity index (χ4v) is 3.04. The molecule has 3 aromatic rings. The molecule has 0 spiro atoms. The molecule has 6 heteroatoms. The van der Waals surface area contributed by atoms with E-state index in [1.54, 1.807) is 18.2 Å². The number of aromatic nitrogens is 3. The standard InChI is InChI=1S/C18H18N4O2/c1-24-15-8-3-2-7-12(15)18(23)22-17-13(16(19)21-22)9-10-14(20-17)11-5-4-6-11/h2-3,7-11H,4-6H2,1H3,(H2,19,21). The average Bonchev–Trinajstić information content (AvgIpc) is 2.89. The van der Waals surface area contributed by atoms with Crippen molar-refractivity contribution in [1.82, 2.24) is 14.8 Å². The van der Waals surface area contributed by atoms with Gasteiger partial charge in [-0.3, -0.25) is 4.79 Å². The van der Waals surface area contributed by atoms with E-state index in [2.05, 4.69) is 10.1 Å². The number of benzene rings is 1. The lowest BCUT2D eigenvalue weighted by Crippen LogP contribution is -2.16. The Hall–Kier alpha value is -2.89. The first-order chi connectivity index (χ1) is 11.7. The van der Waals surface area contributed by atoms with Gasteiger partial charge in [0.1, 0.15) is 5.75 Å². The summed E-state index contributed by atoms with van der Waals surface area (Å²) in [6.07, 6.45) is 3.51. The highest BCUT2D eigenvalue weighted by Gasteiger charge is 2.24. The summed E-state index contributed by atoms with van der Waals surface area (Å²) in [7, 11) is 1.54. The molecule has 122 valence electrons. The van der Waals surface area contributed by atoms with E-state index in [1.807, 2.05) is 18.2 Å². The number of carbonyl (C=O) groups excluding carboxylic acids is 1. The van der Waals surface area contributed by atoms with Gasteiger partial charge >= 0.3 is 0 Å². The number of nitrogens with zero attached hydrogens (tertiary/aromatic N) is 3. The first-order valence-corrected chi connectivity index (χ1v) is 8.02. The van der Waals surface area contributed by atoms with Crippen LogP contribution in [0.4, 0.5) is 5.82 Å². The number of pyridine rings is 1. The molecule has 2 N–H and O–H groups in total. The van der Waals surface area contributed by atoms with Crippen molar-refractivity contribution in [3.8, 4) is 5.75 Å². The minimum Gasteiger partial charge on any atom is -0.496 e. The maximum atomic E-state index is 12.9. The molecule has 24 heavy (non-hydrogen) atoms. The molecule has 1 aliphatic rings. The normalized spacial score (nSPS) is 14.5. The zero-order valence-corrected chi connectivity index (χ0v) is 13.4. The largest absolute Gasteiger partial charge is 0.496 e. The van der Waals surface area contributed by atoms with Gasteiger partial charge in [-0.15, -0.1) is 5.10 Å². The zero-order valence-electron chi connectivity index (χ0n) is 13.4. The van der Waals surface area contributed by atoms with Crippen LogP contribution in [-0.2, 0) is 0 Å². The third-order valence-corrected chi connectivity index (χ3v) is 4.63. The van der Waals surface area contributed by atoms with Crippen LogP contribution in [-0.4, -0.2) is 27.8 Å². The van der Waals surface area contributed by atoms with E-state index >= 15 is 0 Å². The van der Waals surface area contributed by atoms with E-state index in [9.17, 15) is 4.79 Å². The second-order valence-electron chi connectivity index (χ2n) is 6.04. The maximum absolute atomic E-state index is 12.9. The number of rotatable bonds is 3. The van der Waals surface area contributed by atoms with Crippen LogP contribution in [0.15, 0.2) is 36.4 Å². The van der Waals surface area contributed by atoms with E-state index in [0.717, 1.165) is 18.5 Å². The SMILES string of the molecule is COc1ccccc1C(=O)n1nc(N)c2ccc(C3CCC3)nc21. The van der Waals surface area contributed by atoms with Crippen LogP contribution in [0.2, 0.25) is 0 Å². The molecule has 0 unspecified atom stereocenters. The summed E-state index contributed by atoms with van der Waals surface area (Å²) < 4.78 is 6.56. The third kappa shape index (κ3) is 2.22. The van der Waals surface area contributed by atoms with Gasteiger partial charge in [-0.2, -0.15) is 4.68 Å². The van der Waals surface area contributed by atoms with Crippen molar-refractivity contribution in [2.45, 2.75) is 25.2 Å². The Kier molecular flexibility index (Phi) is 3.45. The molecular weight excluding hydrogens is 304 g/mol. The number of carbonyl (C=O) groups is 1. The molecule has 2 heterocycles. The second kappa shape index (κ2) is 5.63. The number of para-hydroxylation sites is 1. The van der Waals surface area contributed by atoms with E-state index in [-0.39, 0.29) is 5.91 Å². The van der Waals surface area contributed by atoms with Crippen molar-refractivity contribution in [2.75, 3.05) is 12.8 Å². The van der Waals surface area contributed by atoms with Gasteiger partial charge in [0, 0.05) is 11.6 Å². The minimum atomic E-state index is -0.299. The molecule has 1 aromatic carbocycles. The van der Waals surface area contributed by atoms with Crippen LogP contribution >= 0.6 is 0 Å². The fraction of sp³-hybridized carbons (Fsp3) is 0.278. The van der Waals surface area contributed by atoms with Crippen LogP contribution in [0.3, 0.4) is 0 Å². The summed E-state index contributed by atoms with van der Waals surface area (Å²) in [6, 6.07) is 11.0. The first kappa shape index (κ1) is 14.7. The lowest BCUT2D eigenvalue weighted by atomic mass is 9.82. The van der Waals surface area contributed by atoms with Crippen LogP contribution < -0.4 is 10.5 Å². The summed E-state index contributed by atoms with van der Waals surface area (Å²) in [5, 5.41) is 4.91. The predicted molar refractivity (Wildman–Crippen MR) is 91.3 cm³/mol. The van der Waals surface area contributed by atoms with E-state index in [4.69, 9.17) is 10.5 Å². The van der Waals surface area contributed by atoms with Gasteiger partial charge in [0.2, 0.25) is 0 Å². The fourth-order valence-electron chi connectivity index (χ4n) is 3.04.